The number of hydrogen-bond donors (Lipinski definition) is 0. The van der Waals surface area contributed by atoms with Crippen molar-refractivity contribution in [2.75, 3.05) is 0 Å². The second kappa shape index (κ2) is 8.55. The Bertz CT molecular complexity index is 1080. The minimum Gasteiger partial charge on any atom is -0.287 e. The lowest BCUT2D eigenvalue weighted by atomic mass is 9.95. The molecule has 1 atom stereocenters. The molecule has 0 bridgehead atoms. The number of nitrogens with zero attached hydrogens (tertiary/aromatic N) is 2. The molecule has 0 saturated heterocycles. The maximum atomic E-state index is 13.3. The van der Waals surface area contributed by atoms with Crippen molar-refractivity contribution < 1.29 is 0 Å². The number of rotatable bonds is 6. The van der Waals surface area contributed by atoms with Crippen LogP contribution in [0.4, 0.5) is 0 Å². The number of fused-ring (bicyclic) bond motifs is 1. The molecule has 1 unspecified atom stereocenters. The molecule has 0 spiro atoms. The van der Waals surface area contributed by atoms with Crippen LogP contribution < -0.4 is 5.43 Å². The first-order valence-electron chi connectivity index (χ1n) is 10.3. The molecular weight excluding hydrogens is 344 g/mol. The van der Waals surface area contributed by atoms with E-state index in [9.17, 15) is 4.79 Å². The first-order valence-corrected chi connectivity index (χ1v) is 10.3. The van der Waals surface area contributed by atoms with Crippen molar-refractivity contribution in [1.82, 2.24) is 9.78 Å². The Balaban J connectivity index is 2.40. The molecule has 3 heteroatoms. The van der Waals surface area contributed by atoms with Crippen molar-refractivity contribution in [3.8, 4) is 11.1 Å². The van der Waals surface area contributed by atoms with Crippen LogP contribution in [-0.2, 0) is 6.42 Å². The number of benzene rings is 2. The van der Waals surface area contributed by atoms with Crippen LogP contribution in [0.15, 0.2) is 53.3 Å². The van der Waals surface area contributed by atoms with Gasteiger partial charge in [-0.05, 0) is 56.4 Å². The quantitative estimate of drug-likeness (QED) is 0.484. The lowest BCUT2D eigenvalue weighted by molar-refractivity contribution is 0.499. The topological polar surface area (TPSA) is 34.9 Å². The zero-order valence-corrected chi connectivity index (χ0v) is 17.6. The summed E-state index contributed by atoms with van der Waals surface area (Å²) >= 11 is 0. The summed E-state index contributed by atoms with van der Waals surface area (Å²) in [5.74, 6) is 0. The summed E-state index contributed by atoms with van der Waals surface area (Å²) in [6.45, 7) is 10.4. The Labute approximate surface area is 167 Å². The van der Waals surface area contributed by atoms with Crippen molar-refractivity contribution in [3.63, 3.8) is 0 Å². The fourth-order valence-electron chi connectivity index (χ4n) is 3.99. The molecule has 2 aromatic carbocycles. The standard InChI is InChI=1S/C25H30N2O/c1-6-10-19(11-7-2)27-23-13-9-12-21(20-15-14-17(4)16-18(20)5)24(23)25(28)22(8-3)26-27/h6,9-10,12-16,19H,7-8,11H2,1-5H3/b10-6+. The van der Waals surface area contributed by atoms with Crippen LogP contribution >= 0.6 is 0 Å². The van der Waals surface area contributed by atoms with Crippen LogP contribution in [0.5, 0.6) is 0 Å². The van der Waals surface area contributed by atoms with Crippen molar-refractivity contribution in [1.29, 1.82) is 0 Å². The summed E-state index contributed by atoms with van der Waals surface area (Å²) in [6.07, 6.45) is 6.94. The largest absolute Gasteiger partial charge is 0.287 e. The molecule has 3 aromatic rings. The summed E-state index contributed by atoms with van der Waals surface area (Å²) in [5.41, 5.74) is 6.14. The number of hydrogen-bond acceptors (Lipinski definition) is 2. The third-order valence-electron chi connectivity index (χ3n) is 5.33. The van der Waals surface area contributed by atoms with E-state index in [2.05, 4.69) is 61.9 Å². The van der Waals surface area contributed by atoms with E-state index in [0.717, 1.165) is 34.9 Å². The maximum Gasteiger partial charge on any atom is 0.211 e. The van der Waals surface area contributed by atoms with Crippen molar-refractivity contribution in [2.45, 2.75) is 59.9 Å². The van der Waals surface area contributed by atoms with Gasteiger partial charge in [0.05, 0.1) is 16.9 Å². The van der Waals surface area contributed by atoms with Gasteiger partial charge in [-0.25, -0.2) is 0 Å². The summed E-state index contributed by atoms with van der Waals surface area (Å²) < 4.78 is 2.06. The van der Waals surface area contributed by atoms with Gasteiger partial charge in [-0.2, -0.15) is 5.10 Å². The highest BCUT2D eigenvalue weighted by atomic mass is 16.1. The molecule has 28 heavy (non-hydrogen) atoms. The summed E-state index contributed by atoms with van der Waals surface area (Å²) in [4.78, 5) is 13.3. The van der Waals surface area contributed by atoms with Gasteiger partial charge in [-0.3, -0.25) is 9.48 Å². The number of aromatic nitrogens is 2. The van der Waals surface area contributed by atoms with Gasteiger partial charge in [0.15, 0.2) is 0 Å². The molecule has 0 radical (unpaired) electrons. The zero-order chi connectivity index (χ0) is 20.3. The molecular formula is C25H30N2O. The molecule has 0 aliphatic rings. The van der Waals surface area contributed by atoms with Gasteiger partial charge in [-0.15, -0.1) is 0 Å². The van der Waals surface area contributed by atoms with Crippen LogP contribution in [0.1, 0.15) is 56.5 Å². The Morgan fingerprint density at radius 2 is 1.89 bits per heavy atom. The van der Waals surface area contributed by atoms with E-state index in [0.29, 0.717) is 12.1 Å². The molecule has 0 amide bonds. The van der Waals surface area contributed by atoms with Crippen molar-refractivity contribution >= 4 is 10.9 Å². The Morgan fingerprint density at radius 3 is 2.54 bits per heavy atom. The summed E-state index contributed by atoms with van der Waals surface area (Å²) in [6, 6.07) is 12.7. The third-order valence-corrected chi connectivity index (χ3v) is 5.33. The first kappa shape index (κ1) is 20.1. The molecule has 1 heterocycles. The molecule has 3 nitrogen and oxygen atoms in total. The fourth-order valence-corrected chi connectivity index (χ4v) is 3.99. The number of allylic oxidation sites excluding steroid dienone is 2. The van der Waals surface area contributed by atoms with Gasteiger partial charge in [0, 0.05) is 0 Å². The lowest BCUT2D eigenvalue weighted by Crippen LogP contribution is -2.22. The second-order valence-corrected chi connectivity index (χ2v) is 7.47. The monoisotopic (exact) mass is 374 g/mol. The smallest absolute Gasteiger partial charge is 0.211 e. The molecule has 146 valence electrons. The van der Waals surface area contributed by atoms with Gasteiger partial charge >= 0.3 is 0 Å². The average Bonchev–Trinajstić information content (AvgIpc) is 2.68. The number of aryl methyl sites for hydroxylation is 3. The van der Waals surface area contributed by atoms with E-state index in [4.69, 9.17) is 5.10 Å². The molecule has 0 aliphatic heterocycles. The maximum absolute atomic E-state index is 13.3. The van der Waals surface area contributed by atoms with Crippen LogP contribution in [0.2, 0.25) is 0 Å². The Morgan fingerprint density at radius 1 is 1.11 bits per heavy atom. The van der Waals surface area contributed by atoms with Crippen LogP contribution in [0.25, 0.3) is 22.0 Å². The third kappa shape index (κ3) is 3.66. The lowest BCUT2D eigenvalue weighted by Gasteiger charge is -2.20. The highest BCUT2D eigenvalue weighted by Crippen LogP contribution is 2.31. The normalized spacial score (nSPS) is 12.8. The molecule has 0 fully saturated rings. The second-order valence-electron chi connectivity index (χ2n) is 7.47. The predicted molar refractivity (Wildman–Crippen MR) is 119 cm³/mol. The first-order chi connectivity index (χ1) is 13.5. The summed E-state index contributed by atoms with van der Waals surface area (Å²) in [7, 11) is 0. The van der Waals surface area contributed by atoms with E-state index in [1.165, 1.54) is 11.1 Å². The van der Waals surface area contributed by atoms with Gasteiger partial charge in [0.2, 0.25) is 5.43 Å². The predicted octanol–water partition coefficient (Wildman–Crippen LogP) is 6.16. The van der Waals surface area contributed by atoms with Crippen LogP contribution in [0.3, 0.4) is 0 Å². The van der Waals surface area contributed by atoms with E-state index < -0.39 is 0 Å². The van der Waals surface area contributed by atoms with E-state index >= 15 is 0 Å². The van der Waals surface area contributed by atoms with Gasteiger partial charge in [0.25, 0.3) is 0 Å². The van der Waals surface area contributed by atoms with Crippen molar-refractivity contribution in [2.24, 2.45) is 0 Å². The van der Waals surface area contributed by atoms with Crippen LogP contribution in [-0.4, -0.2) is 9.78 Å². The highest BCUT2D eigenvalue weighted by molar-refractivity contribution is 5.95. The van der Waals surface area contributed by atoms with E-state index in [-0.39, 0.29) is 11.5 Å². The molecule has 3 rings (SSSR count). The minimum absolute atomic E-state index is 0.0556. The van der Waals surface area contributed by atoms with Gasteiger partial charge in [0.1, 0.15) is 5.69 Å². The molecule has 0 N–H and O–H groups in total. The Kier molecular flexibility index (Phi) is 6.13. The SMILES string of the molecule is C/C=C/C(CCC)n1nc(CC)c(=O)c2c(-c3ccc(C)cc3C)cccc21. The summed E-state index contributed by atoms with van der Waals surface area (Å²) in [5, 5.41) is 5.56. The van der Waals surface area contributed by atoms with E-state index in [1.54, 1.807) is 0 Å². The average molecular weight is 375 g/mol. The van der Waals surface area contributed by atoms with Crippen molar-refractivity contribution in [3.05, 3.63) is 75.6 Å². The Hall–Kier alpha value is -2.68. The molecule has 0 aliphatic carbocycles. The minimum atomic E-state index is 0.0556. The van der Waals surface area contributed by atoms with Crippen LogP contribution in [0, 0.1) is 13.8 Å². The molecule has 1 aromatic heterocycles. The van der Waals surface area contributed by atoms with Gasteiger partial charge in [-0.1, -0.05) is 68.3 Å². The molecule has 0 saturated carbocycles. The fraction of sp³-hybridized carbons (Fsp3) is 0.360. The highest BCUT2D eigenvalue weighted by Gasteiger charge is 2.18. The van der Waals surface area contributed by atoms with Gasteiger partial charge < -0.3 is 0 Å². The zero-order valence-electron chi connectivity index (χ0n) is 17.6. The van der Waals surface area contributed by atoms with E-state index in [1.807, 2.05) is 26.0 Å².